The smallest absolute Gasteiger partial charge is 0.185 e. The lowest BCUT2D eigenvalue weighted by Gasteiger charge is -2.09. The number of ether oxygens (including phenoxy) is 2. The molecule has 1 aromatic carbocycles. The lowest BCUT2D eigenvalue weighted by atomic mass is 10.1. The Kier molecular flexibility index (Phi) is 2.96. The van der Waals surface area contributed by atoms with Crippen LogP contribution in [-0.2, 0) is 9.47 Å². The second-order valence-electron chi connectivity index (χ2n) is 4.07. The van der Waals surface area contributed by atoms with Crippen molar-refractivity contribution in [1.82, 2.24) is 4.98 Å². The molecule has 2 heterocycles. The van der Waals surface area contributed by atoms with Gasteiger partial charge in [0.15, 0.2) is 6.29 Å². The van der Waals surface area contributed by atoms with Crippen molar-refractivity contribution >= 4 is 0 Å². The van der Waals surface area contributed by atoms with Gasteiger partial charge in [0.05, 0.1) is 18.9 Å². The van der Waals surface area contributed by atoms with Crippen LogP contribution in [0, 0.1) is 0 Å². The number of hydrogen-bond donors (Lipinski definition) is 1. The monoisotopic (exact) mass is 243 g/mol. The largest absolute Gasteiger partial charge is 0.507 e. The van der Waals surface area contributed by atoms with Gasteiger partial charge in [-0.15, -0.1) is 0 Å². The summed E-state index contributed by atoms with van der Waals surface area (Å²) in [5, 5.41) is 9.76. The van der Waals surface area contributed by atoms with Crippen LogP contribution >= 0.6 is 0 Å². The molecule has 1 N–H and O–H groups in total. The van der Waals surface area contributed by atoms with E-state index >= 15 is 0 Å². The van der Waals surface area contributed by atoms with Gasteiger partial charge in [0.25, 0.3) is 0 Å². The fourth-order valence-electron chi connectivity index (χ4n) is 1.95. The summed E-state index contributed by atoms with van der Waals surface area (Å²) in [6, 6.07) is 10.9. The molecule has 4 heteroatoms. The zero-order chi connectivity index (χ0) is 12.4. The second-order valence-corrected chi connectivity index (χ2v) is 4.07. The first-order chi connectivity index (χ1) is 8.84. The average Bonchev–Trinajstić information content (AvgIpc) is 2.94. The van der Waals surface area contributed by atoms with Crippen molar-refractivity contribution in [2.45, 2.75) is 6.29 Å². The molecule has 0 unspecified atom stereocenters. The summed E-state index contributed by atoms with van der Waals surface area (Å²) in [7, 11) is 0. The molecular formula is C14H13NO3. The molecule has 1 aliphatic heterocycles. The molecule has 0 spiro atoms. The summed E-state index contributed by atoms with van der Waals surface area (Å²) < 4.78 is 10.8. The molecule has 1 aromatic heterocycles. The maximum absolute atomic E-state index is 9.76. The number of phenolic OH excluding ortho intramolecular Hbond substituents is 1. The van der Waals surface area contributed by atoms with Crippen LogP contribution in [0.3, 0.4) is 0 Å². The molecule has 0 atom stereocenters. The molecule has 4 nitrogen and oxygen atoms in total. The van der Waals surface area contributed by atoms with Crippen LogP contribution in [-0.4, -0.2) is 23.3 Å². The Balaban J connectivity index is 1.89. The van der Waals surface area contributed by atoms with Gasteiger partial charge in [-0.05, 0) is 18.2 Å². The van der Waals surface area contributed by atoms with Crippen molar-refractivity contribution < 1.29 is 14.6 Å². The Morgan fingerprint density at radius 2 is 1.83 bits per heavy atom. The highest BCUT2D eigenvalue weighted by Crippen LogP contribution is 2.29. The van der Waals surface area contributed by atoms with Crippen LogP contribution < -0.4 is 0 Å². The average molecular weight is 243 g/mol. The molecule has 1 saturated heterocycles. The summed E-state index contributed by atoms with van der Waals surface area (Å²) in [5.41, 5.74) is 2.35. The summed E-state index contributed by atoms with van der Waals surface area (Å²) in [6.45, 7) is 1.23. The lowest BCUT2D eigenvalue weighted by Crippen LogP contribution is -1.98. The third-order valence-corrected chi connectivity index (χ3v) is 2.86. The van der Waals surface area contributed by atoms with E-state index in [1.165, 1.54) is 0 Å². The standard InChI is InChI=1S/C14H13NO3/c16-13-4-2-1-3-11(13)12-6-5-10(9-15-12)14-17-7-8-18-14/h1-6,9,14,16H,7-8H2. The molecule has 1 fully saturated rings. The van der Waals surface area contributed by atoms with Gasteiger partial charge < -0.3 is 14.6 Å². The van der Waals surface area contributed by atoms with E-state index in [4.69, 9.17) is 9.47 Å². The van der Waals surface area contributed by atoms with Crippen molar-refractivity contribution in [3.63, 3.8) is 0 Å². The first-order valence-electron chi connectivity index (χ1n) is 5.82. The van der Waals surface area contributed by atoms with E-state index in [1.54, 1.807) is 18.3 Å². The first kappa shape index (κ1) is 11.2. The molecule has 0 radical (unpaired) electrons. The summed E-state index contributed by atoms with van der Waals surface area (Å²) in [5.74, 6) is 0.228. The van der Waals surface area contributed by atoms with Crippen molar-refractivity contribution in [2.75, 3.05) is 13.2 Å². The zero-order valence-corrected chi connectivity index (χ0v) is 9.74. The number of nitrogens with zero attached hydrogens (tertiary/aromatic N) is 1. The Morgan fingerprint density at radius 3 is 2.50 bits per heavy atom. The van der Waals surface area contributed by atoms with Crippen LogP contribution in [0.15, 0.2) is 42.6 Å². The van der Waals surface area contributed by atoms with Crippen molar-refractivity contribution in [3.05, 3.63) is 48.2 Å². The maximum atomic E-state index is 9.76. The Hall–Kier alpha value is -1.91. The van der Waals surface area contributed by atoms with Gasteiger partial charge >= 0.3 is 0 Å². The number of phenols is 1. The molecule has 0 saturated carbocycles. The number of hydrogen-bond acceptors (Lipinski definition) is 4. The van der Waals surface area contributed by atoms with Gasteiger partial charge in [-0.25, -0.2) is 0 Å². The topological polar surface area (TPSA) is 51.6 Å². The second kappa shape index (κ2) is 4.76. The minimum absolute atomic E-state index is 0.228. The molecule has 1 aliphatic rings. The quantitative estimate of drug-likeness (QED) is 0.880. The van der Waals surface area contributed by atoms with Crippen LogP contribution in [0.1, 0.15) is 11.9 Å². The van der Waals surface area contributed by atoms with E-state index in [-0.39, 0.29) is 12.0 Å². The Bertz CT molecular complexity index is 533. The predicted octanol–water partition coefficient (Wildman–Crippen LogP) is 2.50. The normalized spacial score (nSPS) is 16.0. The van der Waals surface area contributed by atoms with Crippen molar-refractivity contribution in [1.29, 1.82) is 0 Å². The van der Waals surface area contributed by atoms with E-state index in [9.17, 15) is 5.11 Å². The number of aromatic nitrogens is 1. The number of aromatic hydroxyl groups is 1. The molecular weight excluding hydrogens is 230 g/mol. The van der Waals surface area contributed by atoms with Crippen LogP contribution in [0.4, 0.5) is 0 Å². The fraction of sp³-hybridized carbons (Fsp3) is 0.214. The molecule has 3 rings (SSSR count). The number of benzene rings is 1. The summed E-state index contributed by atoms with van der Waals surface area (Å²) in [6.07, 6.45) is 1.41. The van der Waals surface area contributed by atoms with Gasteiger partial charge in [-0.1, -0.05) is 18.2 Å². The Morgan fingerprint density at radius 1 is 1.06 bits per heavy atom. The van der Waals surface area contributed by atoms with E-state index < -0.39 is 0 Å². The van der Waals surface area contributed by atoms with Gasteiger partial charge in [0.2, 0.25) is 0 Å². The van der Waals surface area contributed by atoms with Gasteiger partial charge in [0.1, 0.15) is 5.75 Å². The minimum atomic E-state index is -0.309. The van der Waals surface area contributed by atoms with Gasteiger partial charge in [-0.3, -0.25) is 4.98 Å². The number of rotatable bonds is 2. The van der Waals surface area contributed by atoms with E-state index in [2.05, 4.69) is 4.98 Å². The van der Waals surface area contributed by atoms with Crippen molar-refractivity contribution in [2.24, 2.45) is 0 Å². The maximum Gasteiger partial charge on any atom is 0.185 e. The highest BCUT2D eigenvalue weighted by Gasteiger charge is 2.18. The van der Waals surface area contributed by atoms with E-state index in [0.717, 1.165) is 16.8 Å². The highest BCUT2D eigenvalue weighted by atomic mass is 16.7. The Labute approximate surface area is 105 Å². The van der Waals surface area contributed by atoms with Gasteiger partial charge in [-0.2, -0.15) is 0 Å². The van der Waals surface area contributed by atoms with Crippen LogP contribution in [0.2, 0.25) is 0 Å². The van der Waals surface area contributed by atoms with E-state index in [1.807, 2.05) is 24.3 Å². The van der Waals surface area contributed by atoms with E-state index in [0.29, 0.717) is 13.2 Å². The lowest BCUT2D eigenvalue weighted by molar-refractivity contribution is -0.0443. The predicted molar refractivity (Wildman–Crippen MR) is 66.0 cm³/mol. The zero-order valence-electron chi connectivity index (χ0n) is 9.74. The molecule has 0 amide bonds. The molecule has 0 bridgehead atoms. The van der Waals surface area contributed by atoms with Crippen LogP contribution in [0.25, 0.3) is 11.3 Å². The third-order valence-electron chi connectivity index (χ3n) is 2.86. The fourth-order valence-corrected chi connectivity index (χ4v) is 1.95. The number of pyridine rings is 1. The van der Waals surface area contributed by atoms with Crippen LogP contribution in [0.5, 0.6) is 5.75 Å². The molecule has 18 heavy (non-hydrogen) atoms. The van der Waals surface area contributed by atoms with Gasteiger partial charge in [0, 0.05) is 17.3 Å². The SMILES string of the molecule is Oc1ccccc1-c1ccc(C2OCCO2)cn1. The molecule has 92 valence electrons. The molecule has 0 aliphatic carbocycles. The summed E-state index contributed by atoms with van der Waals surface area (Å²) >= 11 is 0. The third kappa shape index (κ3) is 2.08. The minimum Gasteiger partial charge on any atom is -0.507 e. The van der Waals surface area contributed by atoms with Crippen molar-refractivity contribution in [3.8, 4) is 17.0 Å². The highest BCUT2D eigenvalue weighted by molar-refractivity contribution is 5.66. The summed E-state index contributed by atoms with van der Waals surface area (Å²) in [4.78, 5) is 4.33. The first-order valence-corrected chi connectivity index (χ1v) is 5.82. The number of para-hydroxylation sites is 1. The molecule has 2 aromatic rings.